The molecule has 4 nitrogen and oxygen atoms in total. The summed E-state index contributed by atoms with van der Waals surface area (Å²) in [6, 6.07) is 4.63. The van der Waals surface area contributed by atoms with Crippen LogP contribution in [0.3, 0.4) is 0 Å². The molecule has 1 aliphatic carbocycles. The molecule has 0 aliphatic heterocycles. The summed E-state index contributed by atoms with van der Waals surface area (Å²) < 4.78 is 0. The third kappa shape index (κ3) is 2.75. The molecule has 1 fully saturated rings. The van der Waals surface area contributed by atoms with Gasteiger partial charge >= 0.3 is 0 Å². The molecule has 2 rings (SSSR count). The van der Waals surface area contributed by atoms with E-state index in [-0.39, 0.29) is 17.7 Å². The number of carbonyl (C=O) groups excluding carboxylic acids is 1. The molecule has 1 atom stereocenters. The highest BCUT2D eigenvalue weighted by Crippen LogP contribution is 2.37. The van der Waals surface area contributed by atoms with Crippen molar-refractivity contribution in [1.29, 1.82) is 0 Å². The summed E-state index contributed by atoms with van der Waals surface area (Å²) in [5.41, 5.74) is 6.78. The van der Waals surface area contributed by atoms with Gasteiger partial charge in [0.25, 0.3) is 5.91 Å². The average Bonchev–Trinajstić information content (AvgIpc) is 2.61. The number of amides is 1. The minimum atomic E-state index is -0.203. The molecule has 0 bridgehead atoms. The van der Waals surface area contributed by atoms with E-state index in [1.54, 1.807) is 6.07 Å². The summed E-state index contributed by atoms with van der Waals surface area (Å²) in [4.78, 5) is 12.1. The molecule has 0 radical (unpaired) electrons. The number of hydrogen-bond acceptors (Lipinski definition) is 3. The van der Waals surface area contributed by atoms with Crippen LogP contribution in [0.15, 0.2) is 18.2 Å². The van der Waals surface area contributed by atoms with Crippen molar-refractivity contribution in [2.75, 3.05) is 5.73 Å². The fourth-order valence-corrected chi connectivity index (χ4v) is 2.56. The number of anilines is 1. The molecule has 0 spiro atoms. The molecule has 18 heavy (non-hydrogen) atoms. The van der Waals surface area contributed by atoms with Crippen LogP contribution in [0.5, 0.6) is 5.75 Å². The van der Waals surface area contributed by atoms with Crippen molar-refractivity contribution in [1.82, 2.24) is 5.32 Å². The highest BCUT2D eigenvalue weighted by molar-refractivity contribution is 5.99. The Morgan fingerprint density at radius 1 is 1.50 bits per heavy atom. The van der Waals surface area contributed by atoms with Crippen LogP contribution in [0.25, 0.3) is 0 Å². The first-order chi connectivity index (χ1) is 8.37. The maximum atomic E-state index is 12.1. The van der Waals surface area contributed by atoms with E-state index in [2.05, 4.69) is 19.2 Å². The molecule has 0 aromatic heterocycles. The number of benzene rings is 1. The summed E-state index contributed by atoms with van der Waals surface area (Å²) in [5.74, 6) is -0.146. The second-order valence-electron chi connectivity index (χ2n) is 5.85. The van der Waals surface area contributed by atoms with Crippen LogP contribution in [0.1, 0.15) is 43.5 Å². The van der Waals surface area contributed by atoms with Gasteiger partial charge in [-0.3, -0.25) is 4.79 Å². The Morgan fingerprint density at radius 3 is 2.83 bits per heavy atom. The topological polar surface area (TPSA) is 75.3 Å². The van der Waals surface area contributed by atoms with E-state index >= 15 is 0 Å². The van der Waals surface area contributed by atoms with Gasteiger partial charge < -0.3 is 16.2 Å². The standard InChI is InChI=1S/C14H20N2O2/c1-14(2)6-5-9(8-14)16-13(18)11-7-10(17)3-4-12(11)15/h3-4,7,9,17H,5-6,8,15H2,1-2H3,(H,16,18). The van der Waals surface area contributed by atoms with E-state index < -0.39 is 0 Å². The zero-order valence-electron chi connectivity index (χ0n) is 10.9. The Bertz CT molecular complexity index is 469. The smallest absolute Gasteiger partial charge is 0.253 e. The molecular formula is C14H20N2O2. The lowest BCUT2D eigenvalue weighted by atomic mass is 9.92. The molecule has 1 unspecified atom stereocenters. The maximum absolute atomic E-state index is 12.1. The van der Waals surface area contributed by atoms with E-state index in [9.17, 15) is 9.90 Å². The van der Waals surface area contributed by atoms with Gasteiger partial charge in [-0.2, -0.15) is 0 Å². The second kappa shape index (κ2) is 4.52. The first-order valence-corrected chi connectivity index (χ1v) is 6.27. The van der Waals surface area contributed by atoms with Crippen LogP contribution < -0.4 is 11.1 Å². The van der Waals surface area contributed by atoms with Gasteiger partial charge in [0.15, 0.2) is 0 Å². The summed E-state index contributed by atoms with van der Waals surface area (Å²) in [6.45, 7) is 4.42. The quantitative estimate of drug-likeness (QED) is 0.555. The summed E-state index contributed by atoms with van der Waals surface area (Å²) in [6.07, 6.45) is 3.10. The van der Waals surface area contributed by atoms with E-state index in [0.29, 0.717) is 16.7 Å². The molecule has 1 aliphatic rings. The van der Waals surface area contributed by atoms with Crippen LogP contribution in [-0.4, -0.2) is 17.1 Å². The summed E-state index contributed by atoms with van der Waals surface area (Å²) >= 11 is 0. The molecule has 4 heteroatoms. The fourth-order valence-electron chi connectivity index (χ4n) is 2.56. The van der Waals surface area contributed by atoms with Crippen molar-refractivity contribution >= 4 is 11.6 Å². The highest BCUT2D eigenvalue weighted by atomic mass is 16.3. The predicted octanol–water partition coefficient (Wildman–Crippen LogP) is 2.28. The molecule has 1 amide bonds. The Balaban J connectivity index is 2.06. The van der Waals surface area contributed by atoms with Crippen LogP contribution in [0.2, 0.25) is 0 Å². The van der Waals surface area contributed by atoms with Gasteiger partial charge in [-0.25, -0.2) is 0 Å². The fraction of sp³-hybridized carbons (Fsp3) is 0.500. The van der Waals surface area contributed by atoms with E-state index in [4.69, 9.17) is 5.73 Å². The summed E-state index contributed by atoms with van der Waals surface area (Å²) in [5, 5.41) is 12.4. The van der Waals surface area contributed by atoms with Crippen molar-refractivity contribution in [2.24, 2.45) is 5.41 Å². The van der Waals surface area contributed by atoms with Gasteiger partial charge in [0.2, 0.25) is 0 Å². The number of carbonyl (C=O) groups is 1. The largest absolute Gasteiger partial charge is 0.508 e. The van der Waals surface area contributed by atoms with Crippen molar-refractivity contribution in [2.45, 2.75) is 39.2 Å². The SMILES string of the molecule is CC1(C)CCC(NC(=O)c2cc(O)ccc2N)C1. The molecule has 1 aromatic carbocycles. The number of phenols is 1. The number of nitrogens with one attached hydrogen (secondary N) is 1. The third-order valence-corrected chi connectivity index (χ3v) is 3.59. The van der Waals surface area contributed by atoms with Crippen molar-refractivity contribution in [3.8, 4) is 5.75 Å². The van der Waals surface area contributed by atoms with Crippen LogP contribution in [0, 0.1) is 5.41 Å². The Morgan fingerprint density at radius 2 is 2.22 bits per heavy atom. The normalized spacial score (nSPS) is 21.8. The monoisotopic (exact) mass is 248 g/mol. The first-order valence-electron chi connectivity index (χ1n) is 6.27. The molecular weight excluding hydrogens is 228 g/mol. The average molecular weight is 248 g/mol. The Kier molecular flexibility index (Phi) is 3.20. The Labute approximate surface area is 107 Å². The van der Waals surface area contributed by atoms with Gasteiger partial charge in [-0.05, 0) is 42.9 Å². The van der Waals surface area contributed by atoms with Crippen LogP contribution >= 0.6 is 0 Å². The van der Waals surface area contributed by atoms with Gasteiger partial charge in [0.05, 0.1) is 5.56 Å². The number of hydrogen-bond donors (Lipinski definition) is 3. The number of nitrogens with two attached hydrogens (primary N) is 1. The predicted molar refractivity (Wildman–Crippen MR) is 71.4 cm³/mol. The lowest BCUT2D eigenvalue weighted by Crippen LogP contribution is -2.33. The zero-order valence-corrected chi connectivity index (χ0v) is 10.9. The maximum Gasteiger partial charge on any atom is 0.253 e. The lowest BCUT2D eigenvalue weighted by molar-refractivity contribution is 0.0936. The van der Waals surface area contributed by atoms with Crippen molar-refractivity contribution in [3.63, 3.8) is 0 Å². The van der Waals surface area contributed by atoms with Crippen LogP contribution in [0.4, 0.5) is 5.69 Å². The Hall–Kier alpha value is -1.71. The van der Waals surface area contributed by atoms with Gasteiger partial charge in [-0.1, -0.05) is 13.8 Å². The van der Waals surface area contributed by atoms with E-state index in [1.165, 1.54) is 12.1 Å². The number of phenolic OH excluding ortho intramolecular Hbond substituents is 1. The van der Waals surface area contributed by atoms with Gasteiger partial charge in [0, 0.05) is 11.7 Å². The zero-order chi connectivity index (χ0) is 13.3. The highest BCUT2D eigenvalue weighted by Gasteiger charge is 2.32. The minimum Gasteiger partial charge on any atom is -0.508 e. The van der Waals surface area contributed by atoms with Gasteiger partial charge in [-0.15, -0.1) is 0 Å². The van der Waals surface area contributed by atoms with Crippen LogP contribution in [-0.2, 0) is 0 Å². The van der Waals surface area contributed by atoms with E-state index in [1.807, 2.05) is 0 Å². The molecule has 1 saturated carbocycles. The molecule has 0 heterocycles. The van der Waals surface area contributed by atoms with Crippen molar-refractivity contribution < 1.29 is 9.90 Å². The molecule has 0 saturated heterocycles. The molecule has 98 valence electrons. The van der Waals surface area contributed by atoms with Crippen molar-refractivity contribution in [3.05, 3.63) is 23.8 Å². The molecule has 1 aromatic rings. The number of nitrogen functional groups attached to an aromatic ring is 1. The first kappa shape index (κ1) is 12.7. The van der Waals surface area contributed by atoms with Gasteiger partial charge in [0.1, 0.15) is 5.75 Å². The number of rotatable bonds is 2. The van der Waals surface area contributed by atoms with E-state index in [0.717, 1.165) is 19.3 Å². The summed E-state index contributed by atoms with van der Waals surface area (Å²) in [7, 11) is 0. The lowest BCUT2D eigenvalue weighted by Gasteiger charge is -2.18. The molecule has 4 N–H and O–H groups in total. The minimum absolute atomic E-state index is 0.0566. The number of aromatic hydroxyl groups is 1. The second-order valence-corrected chi connectivity index (χ2v) is 5.85. The third-order valence-electron chi connectivity index (χ3n) is 3.59.